The molecule has 0 aliphatic carbocycles. The number of piperazine rings is 2. The minimum Gasteiger partial charge on any atom is -0.459 e. The molecule has 4 amide bonds. The minimum absolute atomic E-state index is 0.107. The molecule has 0 saturated carbocycles. The van der Waals surface area contributed by atoms with Gasteiger partial charge in [-0.15, -0.1) is 0 Å². The van der Waals surface area contributed by atoms with Crippen molar-refractivity contribution in [1.82, 2.24) is 20.0 Å². The third-order valence-electron chi connectivity index (χ3n) is 6.44. The molecule has 1 atom stereocenters. The van der Waals surface area contributed by atoms with Crippen LogP contribution in [0.15, 0.2) is 41.0 Å². The average molecular weight is 498 g/mol. The lowest BCUT2D eigenvalue weighted by Gasteiger charge is -2.38. The van der Waals surface area contributed by atoms with Gasteiger partial charge in [0.1, 0.15) is 6.04 Å². The Bertz CT molecular complexity index is 1140. The smallest absolute Gasteiger partial charge is 0.289 e. The molecule has 3 aliphatic heterocycles. The molecule has 2 aromatic rings. The van der Waals surface area contributed by atoms with Crippen molar-refractivity contribution in [3.05, 3.63) is 42.4 Å². The van der Waals surface area contributed by atoms with Gasteiger partial charge >= 0.3 is 0 Å². The molecule has 1 aromatic heterocycles. The van der Waals surface area contributed by atoms with Crippen LogP contribution in [-0.2, 0) is 14.4 Å². The second kappa shape index (κ2) is 10.3. The molecule has 2 saturated heterocycles. The van der Waals surface area contributed by atoms with Crippen LogP contribution in [0.4, 0.5) is 5.69 Å². The number of hydrogen-bond donors (Lipinski definition) is 2. The summed E-state index contributed by atoms with van der Waals surface area (Å²) in [6.07, 6.45) is 1.29. The lowest BCUT2D eigenvalue weighted by Crippen LogP contribution is -2.60. The summed E-state index contributed by atoms with van der Waals surface area (Å²) in [6, 6.07) is 7.43. The number of nitrogens with one attached hydrogen (secondary N) is 2. The molecule has 12 heteroatoms. The van der Waals surface area contributed by atoms with Gasteiger partial charge in [0.25, 0.3) is 5.91 Å². The fourth-order valence-electron chi connectivity index (χ4n) is 4.53. The Kier molecular flexibility index (Phi) is 6.76. The number of anilines is 1. The van der Waals surface area contributed by atoms with Gasteiger partial charge in [0, 0.05) is 51.0 Å². The van der Waals surface area contributed by atoms with Crippen LogP contribution in [0, 0.1) is 0 Å². The number of ether oxygens (including phenoxy) is 2. The van der Waals surface area contributed by atoms with Crippen LogP contribution in [0.2, 0.25) is 0 Å². The first-order valence-electron chi connectivity index (χ1n) is 11.8. The second-order valence-electron chi connectivity index (χ2n) is 8.76. The molecule has 0 spiro atoms. The highest BCUT2D eigenvalue weighted by molar-refractivity contribution is 5.98. The van der Waals surface area contributed by atoms with Crippen LogP contribution in [0.25, 0.3) is 0 Å². The largest absolute Gasteiger partial charge is 0.459 e. The van der Waals surface area contributed by atoms with Gasteiger partial charge in [-0.25, -0.2) is 0 Å². The first kappa shape index (κ1) is 23.7. The third kappa shape index (κ3) is 5.13. The van der Waals surface area contributed by atoms with Gasteiger partial charge in [-0.3, -0.25) is 24.1 Å². The van der Waals surface area contributed by atoms with Crippen molar-refractivity contribution in [1.29, 1.82) is 0 Å². The quantitative estimate of drug-likeness (QED) is 0.575. The molecule has 12 nitrogen and oxygen atoms in total. The van der Waals surface area contributed by atoms with Crippen molar-refractivity contribution in [2.75, 3.05) is 57.9 Å². The second-order valence-corrected chi connectivity index (χ2v) is 8.76. The van der Waals surface area contributed by atoms with E-state index in [1.54, 1.807) is 35.2 Å². The minimum atomic E-state index is -0.901. The first-order chi connectivity index (χ1) is 17.5. The van der Waals surface area contributed by atoms with E-state index in [1.165, 1.54) is 11.2 Å². The summed E-state index contributed by atoms with van der Waals surface area (Å²) in [5.74, 6) is 0.279. The molecule has 5 rings (SSSR count). The van der Waals surface area contributed by atoms with Gasteiger partial charge < -0.3 is 34.3 Å². The van der Waals surface area contributed by atoms with Crippen LogP contribution in [0.5, 0.6) is 11.5 Å². The maximum absolute atomic E-state index is 13.1. The Morgan fingerprint density at radius 3 is 2.61 bits per heavy atom. The molecule has 1 aromatic carbocycles. The Labute approximate surface area is 207 Å². The van der Waals surface area contributed by atoms with Gasteiger partial charge in [-0.05, 0) is 24.3 Å². The predicted molar refractivity (Wildman–Crippen MR) is 125 cm³/mol. The van der Waals surface area contributed by atoms with E-state index in [1.807, 2.05) is 4.90 Å². The Balaban J connectivity index is 1.15. The highest BCUT2D eigenvalue weighted by Gasteiger charge is 2.36. The van der Waals surface area contributed by atoms with Crippen molar-refractivity contribution in [2.24, 2.45) is 0 Å². The number of carbonyl (C=O) groups is 4. The van der Waals surface area contributed by atoms with Crippen LogP contribution in [-0.4, -0.2) is 97.0 Å². The van der Waals surface area contributed by atoms with E-state index >= 15 is 0 Å². The topological polar surface area (TPSA) is 134 Å². The molecular weight excluding hydrogens is 470 g/mol. The molecular formula is C24H27N5O7. The summed E-state index contributed by atoms with van der Waals surface area (Å²) in [7, 11) is 0. The number of benzene rings is 1. The number of rotatable bonds is 6. The molecule has 2 fully saturated rings. The molecule has 190 valence electrons. The molecule has 0 radical (unpaired) electrons. The highest BCUT2D eigenvalue weighted by Crippen LogP contribution is 2.34. The lowest BCUT2D eigenvalue weighted by atomic mass is 10.1. The molecule has 0 bridgehead atoms. The number of fused-ring (bicyclic) bond motifs is 1. The van der Waals surface area contributed by atoms with Gasteiger partial charge in [0.2, 0.25) is 24.5 Å². The average Bonchev–Trinajstić information content (AvgIpc) is 3.57. The molecule has 2 N–H and O–H groups in total. The SMILES string of the molecule is O=C(C[C@H]1C(=O)NCCN1C(=O)CN1CCN(C(=O)c2ccco2)CC1)Nc1ccc2c(c1)OCO2. The lowest BCUT2D eigenvalue weighted by molar-refractivity contribution is -0.145. The summed E-state index contributed by atoms with van der Waals surface area (Å²) in [5.41, 5.74) is 0.514. The van der Waals surface area contributed by atoms with Gasteiger partial charge in [-0.2, -0.15) is 0 Å². The maximum atomic E-state index is 13.1. The van der Waals surface area contributed by atoms with Crippen molar-refractivity contribution in [3.63, 3.8) is 0 Å². The normalized spacial score (nSPS) is 19.7. The van der Waals surface area contributed by atoms with E-state index in [0.717, 1.165) is 0 Å². The van der Waals surface area contributed by atoms with Crippen LogP contribution in [0.3, 0.4) is 0 Å². The monoisotopic (exact) mass is 497 g/mol. The van der Waals surface area contributed by atoms with E-state index in [4.69, 9.17) is 13.9 Å². The van der Waals surface area contributed by atoms with Crippen LogP contribution >= 0.6 is 0 Å². The summed E-state index contributed by atoms with van der Waals surface area (Å²) >= 11 is 0. The summed E-state index contributed by atoms with van der Waals surface area (Å²) in [5, 5.41) is 5.50. The predicted octanol–water partition coefficient (Wildman–Crippen LogP) is 0.122. The zero-order valence-corrected chi connectivity index (χ0v) is 19.6. The van der Waals surface area contributed by atoms with Crippen molar-refractivity contribution < 1.29 is 33.1 Å². The number of nitrogens with zero attached hydrogens (tertiary/aromatic N) is 3. The van der Waals surface area contributed by atoms with Crippen LogP contribution in [0.1, 0.15) is 17.0 Å². The van der Waals surface area contributed by atoms with E-state index in [2.05, 4.69) is 10.6 Å². The number of hydrogen-bond acceptors (Lipinski definition) is 8. The maximum Gasteiger partial charge on any atom is 0.289 e. The Hall–Kier alpha value is -4.06. The Morgan fingerprint density at radius 1 is 1.03 bits per heavy atom. The highest BCUT2D eigenvalue weighted by atomic mass is 16.7. The third-order valence-corrected chi connectivity index (χ3v) is 6.44. The number of amides is 4. The van der Waals surface area contributed by atoms with Gasteiger partial charge in [-0.1, -0.05) is 0 Å². The van der Waals surface area contributed by atoms with Gasteiger partial charge in [0.05, 0.1) is 19.2 Å². The molecule has 36 heavy (non-hydrogen) atoms. The van der Waals surface area contributed by atoms with E-state index in [0.29, 0.717) is 62.2 Å². The van der Waals surface area contributed by atoms with Gasteiger partial charge in [0.15, 0.2) is 17.3 Å². The van der Waals surface area contributed by atoms with Crippen molar-refractivity contribution in [2.45, 2.75) is 12.5 Å². The molecule has 4 heterocycles. The summed E-state index contributed by atoms with van der Waals surface area (Å²) in [4.78, 5) is 56.0. The fourth-order valence-corrected chi connectivity index (χ4v) is 4.53. The number of carbonyl (C=O) groups excluding carboxylic acids is 4. The van der Waals surface area contributed by atoms with Crippen molar-refractivity contribution in [3.8, 4) is 11.5 Å². The van der Waals surface area contributed by atoms with Crippen molar-refractivity contribution >= 4 is 29.3 Å². The van der Waals surface area contributed by atoms with E-state index < -0.39 is 11.9 Å². The van der Waals surface area contributed by atoms with E-state index in [-0.39, 0.29) is 37.5 Å². The molecule has 0 unspecified atom stereocenters. The van der Waals surface area contributed by atoms with E-state index in [9.17, 15) is 19.2 Å². The summed E-state index contributed by atoms with van der Waals surface area (Å²) in [6.45, 7) is 2.86. The first-order valence-corrected chi connectivity index (χ1v) is 11.8. The number of furan rings is 1. The van der Waals surface area contributed by atoms with Crippen LogP contribution < -0.4 is 20.1 Å². The molecule has 3 aliphatic rings. The standard InChI is InChI=1S/C24H27N5O7/c30-21(26-16-3-4-18-20(12-16)36-15-35-18)13-17-23(32)25-5-6-29(17)22(31)14-27-7-9-28(10-8-27)24(33)19-2-1-11-34-19/h1-4,11-12,17H,5-10,13-15H2,(H,25,32)(H,26,30)/t17-/m0/s1. The zero-order valence-electron chi connectivity index (χ0n) is 19.6. The fraction of sp³-hybridized carbons (Fsp3) is 0.417. The zero-order chi connectivity index (χ0) is 25.1. The summed E-state index contributed by atoms with van der Waals surface area (Å²) < 4.78 is 15.8. The Morgan fingerprint density at radius 2 is 1.83 bits per heavy atom.